The number of hydrogen-bond donors (Lipinski definition) is 4. The number of hydrogen-bond acceptors (Lipinski definition) is 11. The molecule has 3 aromatic rings. The molecule has 37 heavy (non-hydrogen) atoms. The van der Waals surface area contributed by atoms with Gasteiger partial charge in [-0.2, -0.15) is 4.98 Å². The Labute approximate surface area is 220 Å². The van der Waals surface area contributed by atoms with E-state index < -0.39 is 10.0 Å². The molecule has 0 aliphatic rings. The van der Waals surface area contributed by atoms with Crippen molar-refractivity contribution in [1.82, 2.24) is 14.7 Å². The molecule has 0 spiro atoms. The molecule has 200 valence electrons. The first-order valence-electron chi connectivity index (χ1n) is 10.9. The number of halogens is 1. The maximum Gasteiger partial charge on any atom is 0.229 e. The largest absolute Gasteiger partial charge is 0.497 e. The lowest BCUT2D eigenvalue weighted by Crippen LogP contribution is -2.30. The fraction of sp³-hybridized carbons (Fsp3) is 0.304. The van der Waals surface area contributed by atoms with Gasteiger partial charge in [-0.05, 0) is 23.8 Å². The van der Waals surface area contributed by atoms with E-state index in [1.54, 1.807) is 30.3 Å². The van der Waals surface area contributed by atoms with Crippen molar-refractivity contribution in [2.45, 2.75) is 5.75 Å². The number of nitrogens with one attached hydrogen (secondary N) is 3. The van der Waals surface area contributed by atoms with Crippen LogP contribution in [0.3, 0.4) is 0 Å². The van der Waals surface area contributed by atoms with E-state index in [4.69, 9.17) is 36.3 Å². The van der Waals surface area contributed by atoms with E-state index >= 15 is 0 Å². The van der Waals surface area contributed by atoms with Crippen LogP contribution in [0.1, 0.15) is 5.56 Å². The normalized spacial score (nSPS) is 11.1. The molecule has 12 nitrogen and oxygen atoms in total. The fourth-order valence-corrected chi connectivity index (χ4v) is 4.65. The minimum absolute atomic E-state index is 0.128. The van der Waals surface area contributed by atoms with Crippen LogP contribution in [0.25, 0.3) is 0 Å². The summed E-state index contributed by atoms with van der Waals surface area (Å²) in [7, 11) is 2.39. The Morgan fingerprint density at radius 2 is 1.68 bits per heavy atom. The molecule has 0 bridgehead atoms. The van der Waals surface area contributed by atoms with Gasteiger partial charge in [0, 0.05) is 36.6 Å². The van der Waals surface area contributed by atoms with Crippen LogP contribution in [0.2, 0.25) is 5.02 Å². The number of aromatic nitrogens is 2. The highest BCUT2D eigenvalue weighted by Crippen LogP contribution is 2.40. The third-order valence-corrected chi connectivity index (χ3v) is 6.65. The first-order chi connectivity index (χ1) is 17.7. The van der Waals surface area contributed by atoms with Gasteiger partial charge in [-0.15, -0.1) is 0 Å². The molecular weight excluding hydrogens is 524 g/mol. The number of nitrogens with zero attached hydrogens (tertiary/aromatic N) is 2. The molecule has 14 heteroatoms. The average Bonchev–Trinajstić information content (AvgIpc) is 2.89. The monoisotopic (exact) mass is 552 g/mol. The summed E-state index contributed by atoms with van der Waals surface area (Å²) in [5, 5.41) is 6.40. The number of methoxy groups -OCH3 is 4. The van der Waals surface area contributed by atoms with Crippen molar-refractivity contribution in [2.24, 2.45) is 5.73 Å². The highest BCUT2D eigenvalue weighted by molar-refractivity contribution is 7.88. The number of sulfonamides is 1. The number of benzene rings is 2. The molecule has 0 aliphatic heterocycles. The minimum atomic E-state index is -3.65. The number of anilines is 4. The average molecular weight is 553 g/mol. The second kappa shape index (κ2) is 12.6. The summed E-state index contributed by atoms with van der Waals surface area (Å²) in [6.07, 6.45) is 1.42. The van der Waals surface area contributed by atoms with Gasteiger partial charge in [0.2, 0.25) is 21.7 Å². The van der Waals surface area contributed by atoms with E-state index in [2.05, 4.69) is 25.3 Å². The summed E-state index contributed by atoms with van der Waals surface area (Å²) >= 11 is 6.36. The molecule has 0 atom stereocenters. The summed E-state index contributed by atoms with van der Waals surface area (Å²) in [6, 6.07) is 8.39. The summed E-state index contributed by atoms with van der Waals surface area (Å²) in [5.41, 5.74) is 6.91. The summed E-state index contributed by atoms with van der Waals surface area (Å²) in [6.45, 7) is 0.309. The van der Waals surface area contributed by atoms with Crippen LogP contribution < -0.4 is 40.0 Å². The van der Waals surface area contributed by atoms with E-state index in [-0.39, 0.29) is 35.6 Å². The molecule has 0 saturated carbocycles. The van der Waals surface area contributed by atoms with Crippen molar-refractivity contribution >= 4 is 44.8 Å². The second-order valence-electron chi connectivity index (χ2n) is 7.52. The zero-order valence-electron chi connectivity index (χ0n) is 20.8. The highest BCUT2D eigenvalue weighted by atomic mass is 35.5. The number of nitrogens with two attached hydrogens (primary N) is 1. The van der Waals surface area contributed by atoms with Crippen LogP contribution >= 0.6 is 11.6 Å². The van der Waals surface area contributed by atoms with Crippen molar-refractivity contribution < 1.29 is 27.4 Å². The molecule has 1 heterocycles. The van der Waals surface area contributed by atoms with Gasteiger partial charge in [-0.25, -0.2) is 18.1 Å². The summed E-state index contributed by atoms with van der Waals surface area (Å²) in [5.74, 6) is 1.99. The lowest BCUT2D eigenvalue weighted by molar-refractivity contribution is 0.324. The molecule has 0 amide bonds. The van der Waals surface area contributed by atoms with E-state index in [0.29, 0.717) is 39.9 Å². The molecule has 5 N–H and O–H groups in total. The SMILES string of the molecule is COc1ccc(Nc2nc(Nc3cc(OC)c(OC)c(OC)c3)ncc2Cl)c(CS(=O)(=O)NCCN)c1. The van der Waals surface area contributed by atoms with E-state index in [0.717, 1.165) is 0 Å². The number of rotatable bonds is 13. The van der Waals surface area contributed by atoms with Crippen molar-refractivity contribution in [1.29, 1.82) is 0 Å². The number of ether oxygens (including phenoxy) is 4. The smallest absolute Gasteiger partial charge is 0.229 e. The first kappa shape index (κ1) is 28.1. The Hall–Kier alpha value is -3.52. The van der Waals surface area contributed by atoms with Gasteiger partial charge in [0.15, 0.2) is 17.3 Å². The lowest BCUT2D eigenvalue weighted by atomic mass is 10.2. The zero-order chi connectivity index (χ0) is 27.0. The van der Waals surface area contributed by atoms with Gasteiger partial charge in [0.25, 0.3) is 0 Å². The van der Waals surface area contributed by atoms with Crippen LogP contribution in [0.4, 0.5) is 23.1 Å². The predicted octanol–water partition coefficient (Wildman–Crippen LogP) is 3.03. The Kier molecular flexibility index (Phi) is 9.58. The Bertz CT molecular complexity index is 1320. The van der Waals surface area contributed by atoms with Gasteiger partial charge in [-0.3, -0.25) is 0 Å². The molecule has 3 rings (SSSR count). The van der Waals surface area contributed by atoms with Crippen LogP contribution in [0, 0.1) is 0 Å². The predicted molar refractivity (Wildman–Crippen MR) is 142 cm³/mol. The van der Waals surface area contributed by atoms with Crippen molar-refractivity contribution in [3.05, 3.63) is 47.1 Å². The van der Waals surface area contributed by atoms with E-state index in [9.17, 15) is 8.42 Å². The molecule has 0 unspecified atom stereocenters. The van der Waals surface area contributed by atoms with Gasteiger partial charge < -0.3 is 35.3 Å². The third-order valence-electron chi connectivity index (χ3n) is 5.04. The molecule has 0 radical (unpaired) electrons. The fourth-order valence-electron chi connectivity index (χ4n) is 3.33. The van der Waals surface area contributed by atoms with Crippen molar-refractivity contribution in [3.8, 4) is 23.0 Å². The highest BCUT2D eigenvalue weighted by Gasteiger charge is 2.18. The summed E-state index contributed by atoms with van der Waals surface area (Å²) in [4.78, 5) is 8.68. The van der Waals surface area contributed by atoms with Crippen LogP contribution in [0.5, 0.6) is 23.0 Å². The molecule has 2 aromatic carbocycles. The Balaban J connectivity index is 1.92. The minimum Gasteiger partial charge on any atom is -0.497 e. The summed E-state index contributed by atoms with van der Waals surface area (Å²) < 4.78 is 48.9. The molecule has 0 aliphatic carbocycles. The van der Waals surface area contributed by atoms with Gasteiger partial charge in [0.05, 0.1) is 40.4 Å². The zero-order valence-corrected chi connectivity index (χ0v) is 22.4. The van der Waals surface area contributed by atoms with Crippen molar-refractivity contribution in [3.63, 3.8) is 0 Å². The Morgan fingerprint density at radius 3 is 2.27 bits per heavy atom. The van der Waals surface area contributed by atoms with Gasteiger partial charge in [0.1, 0.15) is 10.8 Å². The van der Waals surface area contributed by atoms with Crippen LogP contribution in [-0.4, -0.2) is 59.9 Å². The molecule has 0 saturated heterocycles. The second-order valence-corrected chi connectivity index (χ2v) is 9.73. The Morgan fingerprint density at radius 1 is 0.973 bits per heavy atom. The third kappa shape index (κ3) is 7.26. The topological polar surface area (TPSA) is 159 Å². The lowest BCUT2D eigenvalue weighted by Gasteiger charge is -2.16. The van der Waals surface area contributed by atoms with E-state index in [1.165, 1.54) is 34.6 Å². The molecular formula is C23H29ClN6O6S. The van der Waals surface area contributed by atoms with Crippen molar-refractivity contribution in [2.75, 3.05) is 52.2 Å². The van der Waals surface area contributed by atoms with Gasteiger partial charge >= 0.3 is 0 Å². The maximum atomic E-state index is 12.5. The molecule has 0 fully saturated rings. The van der Waals surface area contributed by atoms with Crippen LogP contribution in [-0.2, 0) is 15.8 Å². The first-order valence-corrected chi connectivity index (χ1v) is 13.0. The standard InChI is InChI=1S/C23H29ClN6O6S/c1-33-16-5-6-18(14(9-16)13-37(31,32)27-8-7-25)29-22-17(24)12-26-23(30-22)28-15-10-19(34-2)21(36-4)20(11-15)35-3/h5-6,9-12,27H,7-8,13,25H2,1-4H3,(H2,26,28,29,30). The maximum absolute atomic E-state index is 12.5. The molecule has 1 aromatic heterocycles. The quantitative estimate of drug-likeness (QED) is 0.247. The van der Waals surface area contributed by atoms with Gasteiger partial charge in [-0.1, -0.05) is 11.6 Å². The van der Waals surface area contributed by atoms with Crippen LogP contribution in [0.15, 0.2) is 36.5 Å². The van der Waals surface area contributed by atoms with E-state index in [1.807, 2.05) is 0 Å².